The lowest BCUT2D eigenvalue weighted by Crippen LogP contribution is -2.54. The Labute approximate surface area is 204 Å². The molecule has 5 rings (SSSR count). The molecule has 3 aromatic carbocycles. The molecule has 0 radical (unpaired) electrons. The summed E-state index contributed by atoms with van der Waals surface area (Å²) < 4.78 is 35.3. The van der Waals surface area contributed by atoms with Gasteiger partial charge in [-0.25, -0.2) is 14.1 Å². The highest BCUT2D eigenvalue weighted by atomic mass is 19.1. The molecule has 2 aliphatic heterocycles. The number of ether oxygens (including phenoxy) is 4. The van der Waals surface area contributed by atoms with Gasteiger partial charge in [0.1, 0.15) is 18.0 Å². The Bertz CT molecular complexity index is 1400. The number of hydrogen-bond acceptors (Lipinski definition) is 7. The van der Waals surface area contributed by atoms with Crippen molar-refractivity contribution in [3.63, 3.8) is 0 Å². The Morgan fingerprint density at radius 3 is 2.53 bits per heavy atom. The number of nitrogens with one attached hydrogen (secondary N) is 1. The van der Waals surface area contributed by atoms with E-state index in [2.05, 4.69) is 5.32 Å². The Morgan fingerprint density at radius 2 is 1.75 bits per heavy atom. The molecule has 10 heteroatoms. The first-order valence-corrected chi connectivity index (χ1v) is 10.8. The van der Waals surface area contributed by atoms with Gasteiger partial charge in [-0.05, 0) is 65.7 Å². The van der Waals surface area contributed by atoms with Gasteiger partial charge in [-0.1, -0.05) is 12.1 Å². The molecule has 3 aromatic rings. The van der Waals surface area contributed by atoms with Crippen LogP contribution in [0, 0.1) is 5.82 Å². The maximum atomic E-state index is 13.3. The number of hydrogen-bond donors (Lipinski definition) is 1. The minimum absolute atomic E-state index is 0.127. The largest absolute Gasteiger partial charge is 0.493 e. The van der Waals surface area contributed by atoms with Crippen LogP contribution < -0.4 is 29.2 Å². The fraction of sp³-hybridized carbons (Fsp3) is 0.115. The van der Waals surface area contributed by atoms with Gasteiger partial charge in [0.15, 0.2) is 23.0 Å². The normalized spacial score (nSPS) is 15.8. The number of rotatable bonds is 6. The van der Waals surface area contributed by atoms with E-state index in [-0.39, 0.29) is 24.7 Å². The van der Waals surface area contributed by atoms with Crippen molar-refractivity contribution >= 4 is 29.6 Å². The van der Waals surface area contributed by atoms with Gasteiger partial charge < -0.3 is 18.9 Å². The van der Waals surface area contributed by atoms with Crippen molar-refractivity contribution in [2.45, 2.75) is 6.61 Å². The molecule has 1 fully saturated rings. The highest BCUT2D eigenvalue weighted by Crippen LogP contribution is 2.34. The van der Waals surface area contributed by atoms with Crippen molar-refractivity contribution in [2.75, 3.05) is 18.8 Å². The number of barbiturate groups is 1. The molecule has 0 aliphatic carbocycles. The lowest BCUT2D eigenvalue weighted by molar-refractivity contribution is -0.122. The molecule has 9 nitrogen and oxygen atoms in total. The van der Waals surface area contributed by atoms with Crippen LogP contribution in [0.5, 0.6) is 23.0 Å². The number of methoxy groups -OCH3 is 1. The fourth-order valence-corrected chi connectivity index (χ4v) is 3.73. The van der Waals surface area contributed by atoms with Gasteiger partial charge in [0.2, 0.25) is 6.79 Å². The van der Waals surface area contributed by atoms with E-state index >= 15 is 0 Å². The fourth-order valence-electron chi connectivity index (χ4n) is 3.73. The molecule has 36 heavy (non-hydrogen) atoms. The Hall–Kier alpha value is -4.86. The molecule has 182 valence electrons. The highest BCUT2D eigenvalue weighted by Gasteiger charge is 2.36. The number of carbonyl (C=O) groups is 3. The van der Waals surface area contributed by atoms with Gasteiger partial charge in [-0.15, -0.1) is 0 Å². The van der Waals surface area contributed by atoms with Gasteiger partial charge in [-0.2, -0.15) is 0 Å². The van der Waals surface area contributed by atoms with E-state index in [0.29, 0.717) is 28.6 Å². The van der Waals surface area contributed by atoms with Crippen molar-refractivity contribution in [2.24, 2.45) is 0 Å². The van der Waals surface area contributed by atoms with E-state index < -0.39 is 23.7 Å². The Kier molecular flexibility index (Phi) is 5.99. The Morgan fingerprint density at radius 1 is 0.972 bits per heavy atom. The van der Waals surface area contributed by atoms with Gasteiger partial charge in [0.05, 0.1) is 12.8 Å². The molecule has 0 unspecified atom stereocenters. The zero-order valence-electron chi connectivity index (χ0n) is 18.9. The second-order valence-electron chi connectivity index (χ2n) is 7.82. The number of anilines is 1. The van der Waals surface area contributed by atoms with E-state index in [1.807, 2.05) is 12.1 Å². The predicted molar refractivity (Wildman–Crippen MR) is 125 cm³/mol. The average Bonchev–Trinajstić information content (AvgIpc) is 3.34. The van der Waals surface area contributed by atoms with Gasteiger partial charge in [-0.3, -0.25) is 14.9 Å². The van der Waals surface area contributed by atoms with Crippen LogP contribution in [0.25, 0.3) is 6.08 Å². The number of urea groups is 1. The molecule has 2 aliphatic rings. The van der Waals surface area contributed by atoms with Crippen molar-refractivity contribution in [1.82, 2.24) is 5.32 Å². The number of fused-ring (bicyclic) bond motifs is 1. The van der Waals surface area contributed by atoms with E-state index in [0.717, 1.165) is 22.6 Å². The summed E-state index contributed by atoms with van der Waals surface area (Å²) in [6.07, 6.45) is 1.34. The van der Waals surface area contributed by atoms with Crippen LogP contribution in [0.15, 0.2) is 66.2 Å². The molecule has 2 heterocycles. The summed E-state index contributed by atoms with van der Waals surface area (Å²) in [4.78, 5) is 38.5. The SMILES string of the molecule is COc1cc(/C=C2\C(=O)NC(=O)N(c3ccc(F)cc3)C2=O)ccc1OCc1ccc2c(c1)OCO2. The first-order valence-electron chi connectivity index (χ1n) is 10.8. The summed E-state index contributed by atoms with van der Waals surface area (Å²) in [5, 5.41) is 2.13. The predicted octanol–water partition coefficient (Wildman–Crippen LogP) is 3.81. The lowest BCUT2D eigenvalue weighted by Gasteiger charge is -2.26. The molecule has 1 saturated heterocycles. The summed E-state index contributed by atoms with van der Waals surface area (Å²) in [7, 11) is 1.47. The van der Waals surface area contributed by atoms with Crippen LogP contribution in [0.3, 0.4) is 0 Å². The van der Waals surface area contributed by atoms with Crippen LogP contribution in [0.4, 0.5) is 14.9 Å². The number of halogens is 1. The summed E-state index contributed by atoms with van der Waals surface area (Å²) >= 11 is 0. The summed E-state index contributed by atoms with van der Waals surface area (Å²) in [5.74, 6) is -0.0604. The van der Waals surface area contributed by atoms with Crippen LogP contribution in [-0.4, -0.2) is 31.7 Å². The van der Waals surface area contributed by atoms with E-state index in [1.54, 1.807) is 24.3 Å². The second kappa shape index (κ2) is 9.41. The summed E-state index contributed by atoms with van der Waals surface area (Å²) in [6.45, 7) is 0.420. The number of imide groups is 2. The highest BCUT2D eigenvalue weighted by molar-refractivity contribution is 6.39. The molecule has 0 aromatic heterocycles. The van der Waals surface area contributed by atoms with E-state index in [1.165, 1.54) is 25.3 Å². The van der Waals surface area contributed by atoms with Crippen LogP contribution in [0.1, 0.15) is 11.1 Å². The molecule has 4 amide bonds. The topological polar surface area (TPSA) is 103 Å². The van der Waals surface area contributed by atoms with Crippen molar-refractivity contribution in [3.8, 4) is 23.0 Å². The second-order valence-corrected chi connectivity index (χ2v) is 7.82. The van der Waals surface area contributed by atoms with Gasteiger partial charge in [0.25, 0.3) is 11.8 Å². The number of carbonyl (C=O) groups excluding carboxylic acids is 3. The maximum Gasteiger partial charge on any atom is 0.335 e. The first-order chi connectivity index (χ1) is 17.4. The molecule has 0 atom stereocenters. The van der Waals surface area contributed by atoms with Crippen LogP contribution in [0.2, 0.25) is 0 Å². The molecule has 0 bridgehead atoms. The Balaban J connectivity index is 1.37. The van der Waals surface area contributed by atoms with E-state index in [4.69, 9.17) is 18.9 Å². The van der Waals surface area contributed by atoms with Crippen molar-refractivity contribution in [3.05, 3.63) is 83.2 Å². The van der Waals surface area contributed by atoms with Crippen LogP contribution >= 0.6 is 0 Å². The van der Waals surface area contributed by atoms with Crippen molar-refractivity contribution in [1.29, 1.82) is 0 Å². The number of amides is 4. The summed E-state index contributed by atoms with van der Waals surface area (Å²) in [5.41, 5.74) is 1.19. The minimum Gasteiger partial charge on any atom is -0.493 e. The smallest absolute Gasteiger partial charge is 0.335 e. The van der Waals surface area contributed by atoms with E-state index in [9.17, 15) is 18.8 Å². The third-order valence-electron chi connectivity index (χ3n) is 5.52. The lowest BCUT2D eigenvalue weighted by atomic mass is 10.1. The molecular formula is C26H19FN2O7. The standard InChI is InChI=1S/C26H19FN2O7/c1-33-22-11-15(2-8-20(22)34-13-16-3-9-21-23(12-16)36-14-35-21)10-19-24(30)28-26(32)29(25(19)31)18-6-4-17(27)5-7-18/h2-12H,13-14H2,1H3,(H,28,30,32)/b19-10+. The third kappa shape index (κ3) is 4.43. The monoisotopic (exact) mass is 490 g/mol. The zero-order chi connectivity index (χ0) is 25.2. The molecule has 0 spiro atoms. The first kappa shape index (κ1) is 22.9. The van der Waals surface area contributed by atoms with Crippen molar-refractivity contribution < 1.29 is 37.7 Å². The van der Waals surface area contributed by atoms with Gasteiger partial charge >= 0.3 is 6.03 Å². The quantitative estimate of drug-likeness (QED) is 0.414. The van der Waals surface area contributed by atoms with Crippen LogP contribution in [-0.2, 0) is 16.2 Å². The third-order valence-corrected chi connectivity index (χ3v) is 5.52. The number of nitrogens with zero attached hydrogens (tertiary/aromatic N) is 1. The maximum absolute atomic E-state index is 13.3. The minimum atomic E-state index is -0.918. The zero-order valence-corrected chi connectivity index (χ0v) is 18.9. The molecule has 1 N–H and O–H groups in total. The molecular weight excluding hydrogens is 471 g/mol. The summed E-state index contributed by atoms with van der Waals surface area (Å²) in [6, 6.07) is 14.2. The average molecular weight is 490 g/mol. The number of benzene rings is 3. The molecule has 0 saturated carbocycles. The van der Waals surface area contributed by atoms with Gasteiger partial charge in [0, 0.05) is 0 Å².